The second kappa shape index (κ2) is 3.14. The molecule has 1 aliphatic rings. The third kappa shape index (κ3) is 1.96. The molecule has 0 bridgehead atoms. The van der Waals surface area contributed by atoms with E-state index >= 15 is 0 Å². The molecule has 0 aromatic rings. The molecule has 1 nitrogen and oxygen atoms in total. The van der Waals surface area contributed by atoms with Crippen molar-refractivity contribution in [3.05, 3.63) is 0 Å². The maximum Gasteiger partial charge on any atom is 0.0180 e. The van der Waals surface area contributed by atoms with E-state index in [4.69, 9.17) is 5.73 Å². The molecule has 0 radical (unpaired) electrons. The summed E-state index contributed by atoms with van der Waals surface area (Å²) in [7, 11) is 0. The van der Waals surface area contributed by atoms with Gasteiger partial charge in [0.15, 0.2) is 0 Å². The maximum atomic E-state index is 6.29. The van der Waals surface area contributed by atoms with E-state index in [1.807, 2.05) is 0 Å². The molecule has 1 saturated carbocycles. The molecule has 2 N–H and O–H groups in total. The van der Waals surface area contributed by atoms with E-state index in [2.05, 4.69) is 20.8 Å². The molecule has 11 heavy (non-hydrogen) atoms. The lowest BCUT2D eigenvalue weighted by Crippen LogP contribution is -2.48. The van der Waals surface area contributed by atoms with Gasteiger partial charge in [0.25, 0.3) is 0 Å². The smallest absolute Gasteiger partial charge is 0.0180 e. The van der Waals surface area contributed by atoms with Crippen LogP contribution in [0, 0.1) is 11.8 Å². The highest BCUT2D eigenvalue weighted by molar-refractivity contribution is 4.91. The molecule has 2 atom stereocenters. The van der Waals surface area contributed by atoms with Crippen LogP contribution in [-0.4, -0.2) is 5.54 Å². The molecule has 1 fully saturated rings. The normalized spacial score (nSPS) is 39.5. The van der Waals surface area contributed by atoms with E-state index in [1.54, 1.807) is 0 Å². The van der Waals surface area contributed by atoms with Crippen LogP contribution >= 0.6 is 0 Å². The van der Waals surface area contributed by atoms with Crippen LogP contribution in [0.4, 0.5) is 0 Å². The summed E-state index contributed by atoms with van der Waals surface area (Å²) in [6, 6.07) is 0. The van der Waals surface area contributed by atoms with E-state index < -0.39 is 0 Å². The van der Waals surface area contributed by atoms with Gasteiger partial charge in [0, 0.05) is 5.54 Å². The fourth-order valence-electron chi connectivity index (χ4n) is 2.16. The third-order valence-corrected chi connectivity index (χ3v) is 3.22. The van der Waals surface area contributed by atoms with Crippen molar-refractivity contribution in [1.82, 2.24) is 0 Å². The van der Waals surface area contributed by atoms with Gasteiger partial charge in [-0.1, -0.05) is 33.6 Å². The van der Waals surface area contributed by atoms with Gasteiger partial charge in [-0.15, -0.1) is 0 Å². The van der Waals surface area contributed by atoms with Gasteiger partial charge in [-0.2, -0.15) is 0 Å². The van der Waals surface area contributed by atoms with Crippen LogP contribution in [0.3, 0.4) is 0 Å². The van der Waals surface area contributed by atoms with E-state index in [9.17, 15) is 0 Å². The predicted octanol–water partition coefficient (Wildman–Crippen LogP) is 2.55. The molecular formula is C10H21N. The Morgan fingerprint density at radius 1 is 1.45 bits per heavy atom. The van der Waals surface area contributed by atoms with Crippen molar-refractivity contribution in [1.29, 1.82) is 0 Å². The Kier molecular flexibility index (Phi) is 2.58. The molecule has 66 valence electrons. The van der Waals surface area contributed by atoms with Gasteiger partial charge in [0.1, 0.15) is 0 Å². The fraction of sp³-hybridized carbons (Fsp3) is 1.00. The molecule has 1 aliphatic carbocycles. The summed E-state index contributed by atoms with van der Waals surface area (Å²) in [5.74, 6) is 1.49. The van der Waals surface area contributed by atoms with Crippen LogP contribution in [0.25, 0.3) is 0 Å². The lowest BCUT2D eigenvalue weighted by Gasteiger charge is -2.40. The van der Waals surface area contributed by atoms with E-state index in [1.165, 1.54) is 25.7 Å². The van der Waals surface area contributed by atoms with Crippen molar-refractivity contribution in [3.63, 3.8) is 0 Å². The molecular weight excluding hydrogens is 134 g/mol. The van der Waals surface area contributed by atoms with Crippen molar-refractivity contribution in [2.24, 2.45) is 17.6 Å². The van der Waals surface area contributed by atoms with Gasteiger partial charge in [0.2, 0.25) is 0 Å². The Balaban J connectivity index is 2.55. The first-order valence-electron chi connectivity index (χ1n) is 4.83. The Hall–Kier alpha value is -0.0400. The first-order valence-corrected chi connectivity index (χ1v) is 4.83. The molecule has 0 saturated heterocycles. The predicted molar refractivity (Wildman–Crippen MR) is 49.4 cm³/mol. The second-order valence-corrected chi connectivity index (χ2v) is 4.59. The summed E-state index contributed by atoms with van der Waals surface area (Å²) in [4.78, 5) is 0. The zero-order valence-corrected chi connectivity index (χ0v) is 8.06. The van der Waals surface area contributed by atoms with Crippen LogP contribution in [0.2, 0.25) is 0 Å². The van der Waals surface area contributed by atoms with Gasteiger partial charge in [-0.3, -0.25) is 0 Å². The lowest BCUT2D eigenvalue weighted by molar-refractivity contribution is 0.180. The molecule has 0 amide bonds. The first kappa shape index (κ1) is 9.05. The highest BCUT2D eigenvalue weighted by atomic mass is 14.8. The van der Waals surface area contributed by atoms with Crippen LogP contribution < -0.4 is 5.73 Å². The quantitative estimate of drug-likeness (QED) is 0.618. The van der Waals surface area contributed by atoms with Gasteiger partial charge >= 0.3 is 0 Å². The van der Waals surface area contributed by atoms with Crippen LogP contribution in [0.5, 0.6) is 0 Å². The molecule has 2 unspecified atom stereocenters. The van der Waals surface area contributed by atoms with Gasteiger partial charge in [-0.25, -0.2) is 0 Å². The Morgan fingerprint density at radius 2 is 2.09 bits per heavy atom. The average molecular weight is 155 g/mol. The summed E-state index contributed by atoms with van der Waals surface area (Å²) < 4.78 is 0. The number of rotatable bonds is 1. The lowest BCUT2D eigenvalue weighted by atomic mass is 9.71. The molecule has 0 spiro atoms. The van der Waals surface area contributed by atoms with E-state index in [0.29, 0.717) is 5.92 Å². The van der Waals surface area contributed by atoms with Crippen molar-refractivity contribution in [2.45, 2.75) is 52.0 Å². The minimum absolute atomic E-state index is 0.150. The van der Waals surface area contributed by atoms with Crippen molar-refractivity contribution in [3.8, 4) is 0 Å². The minimum atomic E-state index is 0.150. The highest BCUT2D eigenvalue weighted by Gasteiger charge is 2.33. The number of nitrogens with two attached hydrogens (primary N) is 1. The maximum absolute atomic E-state index is 6.29. The van der Waals surface area contributed by atoms with Crippen LogP contribution in [-0.2, 0) is 0 Å². The zero-order valence-electron chi connectivity index (χ0n) is 8.06. The summed E-state index contributed by atoms with van der Waals surface area (Å²) in [6.45, 7) is 6.82. The Morgan fingerprint density at radius 3 is 2.45 bits per heavy atom. The molecule has 1 heteroatoms. The van der Waals surface area contributed by atoms with Gasteiger partial charge < -0.3 is 5.73 Å². The topological polar surface area (TPSA) is 26.0 Å². The largest absolute Gasteiger partial charge is 0.325 e. The molecule has 0 aromatic carbocycles. The van der Waals surface area contributed by atoms with Gasteiger partial charge in [-0.05, 0) is 24.7 Å². The zero-order chi connectivity index (χ0) is 8.48. The van der Waals surface area contributed by atoms with E-state index in [0.717, 1.165) is 5.92 Å². The summed E-state index contributed by atoms with van der Waals surface area (Å²) in [6.07, 6.45) is 5.17. The van der Waals surface area contributed by atoms with E-state index in [-0.39, 0.29) is 5.54 Å². The summed E-state index contributed by atoms with van der Waals surface area (Å²) in [5, 5.41) is 0. The van der Waals surface area contributed by atoms with Crippen LogP contribution in [0.1, 0.15) is 46.5 Å². The second-order valence-electron chi connectivity index (χ2n) is 4.59. The number of hydrogen-bond donors (Lipinski definition) is 1. The van der Waals surface area contributed by atoms with Crippen molar-refractivity contribution in [2.75, 3.05) is 0 Å². The summed E-state index contributed by atoms with van der Waals surface area (Å²) >= 11 is 0. The SMILES string of the molecule is CC1CCCC(N)(C(C)C)C1. The monoisotopic (exact) mass is 155 g/mol. The third-order valence-electron chi connectivity index (χ3n) is 3.22. The molecule has 0 heterocycles. The molecule has 1 rings (SSSR count). The fourth-order valence-corrected chi connectivity index (χ4v) is 2.16. The summed E-state index contributed by atoms with van der Waals surface area (Å²) in [5.41, 5.74) is 6.44. The Labute approximate surface area is 70.4 Å². The minimum Gasteiger partial charge on any atom is -0.325 e. The standard InChI is InChI=1S/C10H21N/c1-8(2)10(11)6-4-5-9(3)7-10/h8-9H,4-7,11H2,1-3H3. The first-order chi connectivity index (χ1) is 5.04. The highest BCUT2D eigenvalue weighted by Crippen LogP contribution is 2.34. The molecule has 0 aromatic heterocycles. The van der Waals surface area contributed by atoms with Crippen molar-refractivity contribution >= 4 is 0 Å². The van der Waals surface area contributed by atoms with Crippen LogP contribution in [0.15, 0.2) is 0 Å². The Bertz CT molecular complexity index is 131. The van der Waals surface area contributed by atoms with Crippen molar-refractivity contribution < 1.29 is 0 Å². The molecule has 0 aliphatic heterocycles. The number of hydrogen-bond acceptors (Lipinski definition) is 1. The average Bonchev–Trinajstić information content (AvgIpc) is 1.86. The van der Waals surface area contributed by atoms with Gasteiger partial charge in [0.05, 0.1) is 0 Å².